The number of aliphatic hydroxyl groups is 1. The van der Waals surface area contributed by atoms with Gasteiger partial charge in [-0.1, -0.05) is 36.4 Å². The van der Waals surface area contributed by atoms with Crippen LogP contribution in [0.3, 0.4) is 0 Å². The Morgan fingerprint density at radius 2 is 1.54 bits per heavy atom. The van der Waals surface area contributed by atoms with Crippen LogP contribution in [0.1, 0.15) is 0 Å². The molecule has 2 aromatic carbocycles. The fourth-order valence-corrected chi connectivity index (χ4v) is 4.96. The molecule has 1 atom stereocenters. The van der Waals surface area contributed by atoms with E-state index in [4.69, 9.17) is 0 Å². The molecule has 0 amide bonds. The zero-order valence-corrected chi connectivity index (χ0v) is 16.6. The number of para-hydroxylation sites is 2. The molecule has 0 saturated carbocycles. The maximum atomic E-state index is 10.9. The Labute approximate surface area is 168 Å². The summed E-state index contributed by atoms with van der Waals surface area (Å²) < 4.78 is 2.27. The summed E-state index contributed by atoms with van der Waals surface area (Å²) in [6, 6.07) is 16.9. The maximum Gasteiger partial charge on any atom is 0.185 e. The van der Waals surface area contributed by atoms with E-state index in [9.17, 15) is 5.11 Å². The molecule has 0 aliphatic carbocycles. The van der Waals surface area contributed by atoms with Crippen LogP contribution >= 0.6 is 11.3 Å². The second-order valence-corrected chi connectivity index (χ2v) is 8.27. The molecule has 1 unspecified atom stereocenters. The Kier molecular flexibility index (Phi) is 4.76. The lowest BCUT2D eigenvalue weighted by atomic mass is 10.2. The first-order valence-electron chi connectivity index (χ1n) is 9.80. The lowest BCUT2D eigenvalue weighted by Crippen LogP contribution is -2.49. The first-order chi connectivity index (χ1) is 13.8. The van der Waals surface area contributed by atoms with Gasteiger partial charge in [-0.25, -0.2) is 4.98 Å². The van der Waals surface area contributed by atoms with Gasteiger partial charge in [0.2, 0.25) is 0 Å². The van der Waals surface area contributed by atoms with Crippen LogP contribution in [0.25, 0.3) is 21.8 Å². The highest BCUT2D eigenvalue weighted by atomic mass is 32.1. The van der Waals surface area contributed by atoms with E-state index in [1.807, 2.05) is 11.6 Å². The van der Waals surface area contributed by atoms with Crippen LogP contribution in [-0.4, -0.2) is 58.4 Å². The SMILES string of the molecule is OC(CN1CCN(c2nccs2)CC1)Cn1c2ccccc2c2ccccc21. The predicted molar refractivity (Wildman–Crippen MR) is 116 cm³/mol. The van der Waals surface area contributed by atoms with Crippen LogP contribution in [-0.2, 0) is 6.54 Å². The largest absolute Gasteiger partial charge is 0.390 e. The Balaban J connectivity index is 1.29. The van der Waals surface area contributed by atoms with Gasteiger partial charge in [0.1, 0.15) is 0 Å². The van der Waals surface area contributed by atoms with Crippen molar-refractivity contribution in [3.8, 4) is 0 Å². The number of fused-ring (bicyclic) bond motifs is 3. The van der Waals surface area contributed by atoms with E-state index in [1.165, 1.54) is 21.8 Å². The topological polar surface area (TPSA) is 44.5 Å². The Hall–Kier alpha value is -2.41. The van der Waals surface area contributed by atoms with E-state index in [0.29, 0.717) is 13.1 Å². The Bertz CT molecular complexity index is 1010. The standard InChI is InChI=1S/C22H24N4OS/c27-17(15-24-10-12-25(13-11-24)22-23-9-14-28-22)16-26-20-7-3-1-5-18(20)19-6-2-4-8-21(19)26/h1-9,14,17,27H,10-13,15-16H2. The number of nitrogens with zero attached hydrogens (tertiary/aromatic N) is 4. The van der Waals surface area contributed by atoms with E-state index in [-0.39, 0.29) is 0 Å². The lowest BCUT2D eigenvalue weighted by Gasteiger charge is -2.35. The molecular formula is C22H24N4OS. The van der Waals surface area contributed by atoms with Crippen LogP contribution < -0.4 is 4.90 Å². The molecule has 0 spiro atoms. The molecule has 3 heterocycles. The van der Waals surface area contributed by atoms with Crippen LogP contribution in [0.15, 0.2) is 60.1 Å². The van der Waals surface area contributed by atoms with Crippen molar-refractivity contribution in [3.05, 3.63) is 60.1 Å². The third kappa shape index (κ3) is 3.28. The van der Waals surface area contributed by atoms with Crippen LogP contribution in [0.4, 0.5) is 5.13 Å². The van der Waals surface area contributed by atoms with Crippen molar-refractivity contribution in [3.63, 3.8) is 0 Å². The van der Waals surface area contributed by atoms with Crippen LogP contribution in [0.5, 0.6) is 0 Å². The fraction of sp³-hybridized carbons (Fsp3) is 0.318. The minimum absolute atomic E-state index is 0.398. The normalized spacial score (nSPS) is 16.8. The molecule has 5 nitrogen and oxygen atoms in total. The summed E-state index contributed by atoms with van der Waals surface area (Å²) in [5.41, 5.74) is 2.38. The van der Waals surface area contributed by atoms with Gasteiger partial charge in [0, 0.05) is 66.1 Å². The van der Waals surface area contributed by atoms with Gasteiger partial charge in [-0.2, -0.15) is 0 Å². The van der Waals surface area contributed by atoms with Gasteiger partial charge in [-0.3, -0.25) is 4.90 Å². The van der Waals surface area contributed by atoms with Crippen molar-refractivity contribution in [1.82, 2.24) is 14.5 Å². The molecule has 1 saturated heterocycles. The van der Waals surface area contributed by atoms with E-state index >= 15 is 0 Å². The van der Waals surface area contributed by atoms with Crippen LogP contribution in [0.2, 0.25) is 0 Å². The van der Waals surface area contributed by atoms with Gasteiger partial charge in [-0.15, -0.1) is 11.3 Å². The van der Waals surface area contributed by atoms with Crippen molar-refractivity contribution < 1.29 is 5.11 Å². The summed E-state index contributed by atoms with van der Waals surface area (Å²) in [5.74, 6) is 0. The molecule has 144 valence electrons. The van der Waals surface area contributed by atoms with Gasteiger partial charge in [0.25, 0.3) is 0 Å². The molecule has 0 bridgehead atoms. The van der Waals surface area contributed by atoms with E-state index < -0.39 is 6.10 Å². The lowest BCUT2D eigenvalue weighted by molar-refractivity contribution is 0.0969. The number of thiazole rings is 1. The summed E-state index contributed by atoms with van der Waals surface area (Å²) in [7, 11) is 0. The van der Waals surface area contributed by atoms with Crippen molar-refractivity contribution >= 4 is 38.3 Å². The van der Waals surface area contributed by atoms with Gasteiger partial charge in [0.05, 0.1) is 12.6 Å². The number of piperazine rings is 1. The van der Waals surface area contributed by atoms with Gasteiger partial charge >= 0.3 is 0 Å². The number of β-amino-alcohol motifs (C(OH)–C–C–N with tert-alkyl or cyclic N) is 1. The minimum atomic E-state index is -0.398. The molecule has 1 aliphatic rings. The third-order valence-electron chi connectivity index (χ3n) is 5.60. The minimum Gasteiger partial charge on any atom is -0.390 e. The average molecular weight is 393 g/mol. The first kappa shape index (κ1) is 17.7. The summed E-state index contributed by atoms with van der Waals surface area (Å²) in [4.78, 5) is 9.10. The molecule has 5 rings (SSSR count). The molecule has 2 aromatic heterocycles. The van der Waals surface area contributed by atoms with Crippen molar-refractivity contribution in [1.29, 1.82) is 0 Å². The molecule has 6 heteroatoms. The number of aliphatic hydroxyl groups excluding tert-OH is 1. The second kappa shape index (κ2) is 7.54. The average Bonchev–Trinajstić information content (AvgIpc) is 3.37. The highest BCUT2D eigenvalue weighted by Gasteiger charge is 2.21. The van der Waals surface area contributed by atoms with Crippen molar-refractivity contribution in [2.75, 3.05) is 37.6 Å². The highest BCUT2D eigenvalue weighted by molar-refractivity contribution is 7.13. The maximum absolute atomic E-state index is 10.9. The zero-order chi connectivity index (χ0) is 18.9. The number of hydrogen-bond acceptors (Lipinski definition) is 5. The second-order valence-electron chi connectivity index (χ2n) is 7.40. The number of benzene rings is 2. The predicted octanol–water partition coefficient (Wildman–Crippen LogP) is 3.43. The Morgan fingerprint density at radius 1 is 0.893 bits per heavy atom. The monoisotopic (exact) mass is 392 g/mol. The number of anilines is 1. The van der Waals surface area contributed by atoms with E-state index in [1.54, 1.807) is 11.3 Å². The molecule has 0 radical (unpaired) electrons. The van der Waals surface area contributed by atoms with Gasteiger partial charge < -0.3 is 14.6 Å². The van der Waals surface area contributed by atoms with Gasteiger partial charge in [0.15, 0.2) is 5.13 Å². The van der Waals surface area contributed by atoms with Crippen molar-refractivity contribution in [2.45, 2.75) is 12.6 Å². The van der Waals surface area contributed by atoms with Gasteiger partial charge in [-0.05, 0) is 12.1 Å². The summed E-state index contributed by atoms with van der Waals surface area (Å²) in [6.07, 6.45) is 1.47. The first-order valence-corrected chi connectivity index (χ1v) is 10.7. The quantitative estimate of drug-likeness (QED) is 0.565. The zero-order valence-electron chi connectivity index (χ0n) is 15.7. The molecule has 4 aromatic rings. The number of hydrogen-bond donors (Lipinski definition) is 1. The van der Waals surface area contributed by atoms with E-state index in [2.05, 4.69) is 67.9 Å². The highest BCUT2D eigenvalue weighted by Crippen LogP contribution is 2.29. The number of rotatable bonds is 5. The summed E-state index contributed by atoms with van der Waals surface area (Å²) in [5, 5.41) is 16.5. The van der Waals surface area contributed by atoms with Crippen molar-refractivity contribution in [2.24, 2.45) is 0 Å². The smallest absolute Gasteiger partial charge is 0.185 e. The molecule has 1 fully saturated rings. The third-order valence-corrected chi connectivity index (χ3v) is 6.44. The molecule has 28 heavy (non-hydrogen) atoms. The fourth-order valence-electron chi connectivity index (χ4n) is 4.26. The van der Waals surface area contributed by atoms with E-state index in [0.717, 1.165) is 31.3 Å². The number of aromatic nitrogens is 2. The molecular weight excluding hydrogens is 368 g/mol. The Morgan fingerprint density at radius 3 is 2.14 bits per heavy atom. The van der Waals surface area contributed by atoms with Crippen LogP contribution in [0, 0.1) is 0 Å². The molecule has 1 aliphatic heterocycles. The summed E-state index contributed by atoms with van der Waals surface area (Å²) in [6.45, 7) is 5.17. The summed E-state index contributed by atoms with van der Waals surface area (Å²) >= 11 is 1.69. The molecule has 1 N–H and O–H groups in total.